The number of thioether (sulfide) groups is 1. The molecule has 2 heteroatoms. The molecule has 0 fully saturated rings. The van der Waals surface area contributed by atoms with E-state index in [4.69, 9.17) is 0 Å². The van der Waals surface area contributed by atoms with E-state index in [1.807, 2.05) is 23.9 Å². The summed E-state index contributed by atoms with van der Waals surface area (Å²) in [6, 6.07) is 8.27. The van der Waals surface area contributed by atoms with Gasteiger partial charge in [0.2, 0.25) is 0 Å². The van der Waals surface area contributed by atoms with Crippen LogP contribution in [-0.4, -0.2) is 16.6 Å². The second-order valence-corrected chi connectivity index (χ2v) is 4.99. The molecule has 0 aliphatic carbocycles. The summed E-state index contributed by atoms with van der Waals surface area (Å²) in [5.74, 6) is 2.16. The van der Waals surface area contributed by atoms with Crippen molar-refractivity contribution >= 4 is 11.8 Å². The summed E-state index contributed by atoms with van der Waals surface area (Å²) in [7, 11) is 0. The van der Waals surface area contributed by atoms with Gasteiger partial charge < -0.3 is 5.11 Å². The van der Waals surface area contributed by atoms with Gasteiger partial charge in [-0.1, -0.05) is 38.1 Å². The highest BCUT2D eigenvalue weighted by Crippen LogP contribution is 2.20. The van der Waals surface area contributed by atoms with Crippen molar-refractivity contribution in [3.8, 4) is 0 Å². The van der Waals surface area contributed by atoms with Gasteiger partial charge in [0.05, 0.1) is 6.10 Å². The van der Waals surface area contributed by atoms with Crippen molar-refractivity contribution in [3.05, 3.63) is 35.4 Å². The first-order valence-electron chi connectivity index (χ1n) is 5.62. The minimum Gasteiger partial charge on any atom is -0.388 e. The van der Waals surface area contributed by atoms with Gasteiger partial charge in [0.15, 0.2) is 0 Å². The highest BCUT2D eigenvalue weighted by atomic mass is 32.2. The largest absolute Gasteiger partial charge is 0.388 e. The number of rotatable bonds is 6. The lowest BCUT2D eigenvalue weighted by molar-refractivity contribution is 0.175. The predicted molar refractivity (Wildman–Crippen MR) is 68.4 cm³/mol. The first kappa shape index (κ1) is 12.6. The fourth-order valence-electron chi connectivity index (χ4n) is 1.53. The van der Waals surface area contributed by atoms with E-state index in [-0.39, 0.29) is 6.10 Å². The molecule has 15 heavy (non-hydrogen) atoms. The minimum atomic E-state index is -0.296. The van der Waals surface area contributed by atoms with Crippen LogP contribution in [0.4, 0.5) is 0 Å². The van der Waals surface area contributed by atoms with Gasteiger partial charge >= 0.3 is 0 Å². The molecule has 1 N–H and O–H groups in total. The molecule has 1 aromatic rings. The van der Waals surface area contributed by atoms with Gasteiger partial charge in [-0.2, -0.15) is 11.8 Å². The fraction of sp³-hybridized carbons (Fsp3) is 0.538. The van der Waals surface area contributed by atoms with E-state index < -0.39 is 0 Å². The van der Waals surface area contributed by atoms with Crippen LogP contribution in [-0.2, 0) is 6.42 Å². The highest BCUT2D eigenvalue weighted by Gasteiger charge is 2.06. The zero-order valence-corrected chi connectivity index (χ0v) is 10.4. The van der Waals surface area contributed by atoms with Crippen molar-refractivity contribution < 1.29 is 5.11 Å². The van der Waals surface area contributed by atoms with E-state index >= 15 is 0 Å². The van der Waals surface area contributed by atoms with Crippen molar-refractivity contribution in [2.75, 3.05) is 11.5 Å². The van der Waals surface area contributed by atoms with Crippen LogP contribution in [0.2, 0.25) is 0 Å². The van der Waals surface area contributed by atoms with Crippen molar-refractivity contribution in [2.24, 2.45) is 0 Å². The second kappa shape index (κ2) is 6.91. The van der Waals surface area contributed by atoms with E-state index in [0.29, 0.717) is 0 Å². The van der Waals surface area contributed by atoms with Gasteiger partial charge in [-0.15, -0.1) is 0 Å². The molecule has 0 aromatic heterocycles. The third kappa shape index (κ3) is 4.27. The Morgan fingerprint density at radius 2 is 2.13 bits per heavy atom. The van der Waals surface area contributed by atoms with Gasteiger partial charge in [0, 0.05) is 0 Å². The Bertz CT molecular complexity index is 286. The van der Waals surface area contributed by atoms with Crippen molar-refractivity contribution in [2.45, 2.75) is 32.8 Å². The molecule has 0 aliphatic heterocycles. The molecule has 0 radical (unpaired) electrons. The van der Waals surface area contributed by atoms with E-state index in [9.17, 15) is 5.11 Å². The summed E-state index contributed by atoms with van der Waals surface area (Å²) in [6.07, 6.45) is 1.59. The van der Waals surface area contributed by atoms with Crippen LogP contribution in [0.25, 0.3) is 0 Å². The molecule has 0 amide bonds. The zero-order valence-electron chi connectivity index (χ0n) is 9.57. The number of aliphatic hydroxyl groups excluding tert-OH is 1. The van der Waals surface area contributed by atoms with Crippen molar-refractivity contribution in [1.29, 1.82) is 0 Å². The standard InChI is InChI=1S/C13H20OS/c1-3-11-6-5-7-12(10-11)13(14)8-9-15-4-2/h5-7,10,13-14H,3-4,8-9H2,1-2H3. The highest BCUT2D eigenvalue weighted by molar-refractivity contribution is 7.99. The summed E-state index contributed by atoms with van der Waals surface area (Å²) >= 11 is 1.88. The molecule has 1 nitrogen and oxygen atoms in total. The van der Waals surface area contributed by atoms with Gasteiger partial charge in [-0.25, -0.2) is 0 Å². The summed E-state index contributed by atoms with van der Waals surface area (Å²) < 4.78 is 0. The number of hydrogen-bond acceptors (Lipinski definition) is 2. The normalized spacial score (nSPS) is 12.7. The van der Waals surface area contributed by atoms with E-state index in [1.165, 1.54) is 5.56 Å². The van der Waals surface area contributed by atoms with E-state index in [2.05, 4.69) is 26.0 Å². The van der Waals surface area contributed by atoms with Gasteiger partial charge in [0.1, 0.15) is 0 Å². The summed E-state index contributed by atoms with van der Waals surface area (Å²) in [4.78, 5) is 0. The molecule has 0 saturated heterocycles. The summed E-state index contributed by atoms with van der Waals surface area (Å²) in [5, 5.41) is 9.95. The molecule has 0 saturated carbocycles. The number of aryl methyl sites for hydroxylation is 1. The second-order valence-electron chi connectivity index (χ2n) is 3.60. The number of aliphatic hydroxyl groups is 1. The molecule has 1 aromatic carbocycles. The smallest absolute Gasteiger partial charge is 0.0798 e. The molecule has 0 aliphatic rings. The lowest BCUT2D eigenvalue weighted by Crippen LogP contribution is -1.99. The van der Waals surface area contributed by atoms with E-state index in [1.54, 1.807) is 0 Å². The minimum absolute atomic E-state index is 0.296. The maximum Gasteiger partial charge on any atom is 0.0798 e. The monoisotopic (exact) mass is 224 g/mol. The topological polar surface area (TPSA) is 20.2 Å². The average Bonchev–Trinajstić information content (AvgIpc) is 2.29. The lowest BCUT2D eigenvalue weighted by Gasteiger charge is -2.11. The number of benzene rings is 1. The quantitative estimate of drug-likeness (QED) is 0.747. The molecule has 1 rings (SSSR count). The molecule has 84 valence electrons. The first-order valence-corrected chi connectivity index (χ1v) is 6.78. The van der Waals surface area contributed by atoms with Gasteiger partial charge in [0.25, 0.3) is 0 Å². The lowest BCUT2D eigenvalue weighted by atomic mass is 10.0. The third-order valence-electron chi connectivity index (χ3n) is 2.48. The van der Waals surface area contributed by atoms with Crippen LogP contribution < -0.4 is 0 Å². The summed E-state index contributed by atoms with van der Waals surface area (Å²) in [5.41, 5.74) is 2.36. The maximum atomic E-state index is 9.95. The van der Waals surface area contributed by atoms with E-state index in [0.717, 1.165) is 29.9 Å². The predicted octanol–water partition coefficient (Wildman–Crippen LogP) is 3.43. The first-order chi connectivity index (χ1) is 7.27. The van der Waals surface area contributed by atoms with Crippen LogP contribution >= 0.6 is 11.8 Å². The molecule has 0 spiro atoms. The molecular formula is C13H20OS. The molecular weight excluding hydrogens is 204 g/mol. The fourth-order valence-corrected chi connectivity index (χ4v) is 2.20. The molecule has 0 bridgehead atoms. The Labute approximate surface area is 96.9 Å². The van der Waals surface area contributed by atoms with Crippen LogP contribution in [0.1, 0.15) is 37.5 Å². The summed E-state index contributed by atoms with van der Waals surface area (Å²) in [6.45, 7) is 4.28. The van der Waals surface area contributed by atoms with Crippen LogP contribution in [0, 0.1) is 0 Å². The molecule has 0 heterocycles. The van der Waals surface area contributed by atoms with Crippen molar-refractivity contribution in [1.82, 2.24) is 0 Å². The third-order valence-corrected chi connectivity index (χ3v) is 3.42. The van der Waals surface area contributed by atoms with Crippen molar-refractivity contribution in [3.63, 3.8) is 0 Å². The SMILES string of the molecule is CCSCCC(O)c1cccc(CC)c1. The van der Waals surface area contributed by atoms with Crippen LogP contribution in [0.15, 0.2) is 24.3 Å². The Kier molecular flexibility index (Phi) is 5.81. The van der Waals surface area contributed by atoms with Gasteiger partial charge in [-0.3, -0.25) is 0 Å². The average molecular weight is 224 g/mol. The molecule has 1 unspecified atom stereocenters. The Balaban J connectivity index is 2.52. The maximum absolute atomic E-state index is 9.95. The Hall–Kier alpha value is -0.470. The van der Waals surface area contributed by atoms with Crippen LogP contribution in [0.5, 0.6) is 0 Å². The molecule has 1 atom stereocenters. The number of hydrogen-bond donors (Lipinski definition) is 1. The Morgan fingerprint density at radius 3 is 2.80 bits per heavy atom. The Morgan fingerprint density at radius 1 is 1.33 bits per heavy atom. The van der Waals surface area contributed by atoms with Crippen LogP contribution in [0.3, 0.4) is 0 Å². The zero-order chi connectivity index (χ0) is 11.1. The van der Waals surface area contributed by atoms with Gasteiger partial charge in [-0.05, 0) is 35.5 Å².